The molecule has 2 aromatic rings. The lowest BCUT2D eigenvalue weighted by atomic mass is 10.2. The second kappa shape index (κ2) is 10.4. The number of carboxylic acid groups (broad SMARTS) is 1. The fourth-order valence-electron chi connectivity index (χ4n) is 3.29. The Bertz CT molecular complexity index is 858. The monoisotopic (exact) mass is 412 g/mol. The Kier molecular flexibility index (Phi) is 7.40. The molecule has 1 aliphatic heterocycles. The van der Waals surface area contributed by atoms with E-state index < -0.39 is 30.6 Å². The maximum absolute atomic E-state index is 12.6. The van der Waals surface area contributed by atoms with Gasteiger partial charge >= 0.3 is 18.0 Å². The Hall–Kier alpha value is -3.39. The highest BCUT2D eigenvalue weighted by molar-refractivity contribution is 5.79. The maximum Gasteiger partial charge on any atom is 0.425 e. The number of amides is 1. The van der Waals surface area contributed by atoms with Gasteiger partial charge in [0.2, 0.25) is 0 Å². The van der Waals surface area contributed by atoms with Crippen molar-refractivity contribution in [1.82, 2.24) is 10.0 Å². The van der Waals surface area contributed by atoms with E-state index in [0.717, 1.165) is 16.1 Å². The van der Waals surface area contributed by atoms with E-state index in [1.54, 1.807) is 12.1 Å². The van der Waals surface area contributed by atoms with Gasteiger partial charge in [-0.1, -0.05) is 60.7 Å². The lowest BCUT2D eigenvalue weighted by molar-refractivity contribution is -0.159. The number of carboxylic acids is 1. The van der Waals surface area contributed by atoms with Gasteiger partial charge in [0.1, 0.15) is 25.8 Å². The summed E-state index contributed by atoms with van der Waals surface area (Å²) < 4.78 is 10.7. The average Bonchev–Trinajstić information content (AvgIpc) is 3.25. The van der Waals surface area contributed by atoms with Crippen LogP contribution >= 0.6 is 0 Å². The van der Waals surface area contributed by atoms with Gasteiger partial charge in [-0.3, -0.25) is 9.59 Å². The Labute approximate surface area is 174 Å². The smallest absolute Gasteiger partial charge is 0.425 e. The Morgan fingerprint density at radius 1 is 0.933 bits per heavy atom. The number of nitrogens with zero attached hydrogens (tertiary/aromatic N) is 2. The number of hydrogen-bond donors (Lipinski definition) is 1. The first-order valence-electron chi connectivity index (χ1n) is 9.71. The minimum Gasteiger partial charge on any atom is -0.480 e. The molecule has 158 valence electrons. The first kappa shape index (κ1) is 21.3. The lowest BCUT2D eigenvalue weighted by Crippen LogP contribution is -2.53. The molecule has 0 saturated carbocycles. The summed E-state index contributed by atoms with van der Waals surface area (Å²) in [4.78, 5) is 36.6. The van der Waals surface area contributed by atoms with Gasteiger partial charge in [-0.2, -0.15) is 0 Å². The zero-order chi connectivity index (χ0) is 21.3. The molecule has 1 saturated heterocycles. The van der Waals surface area contributed by atoms with Crippen molar-refractivity contribution in [2.75, 3.05) is 13.1 Å². The summed E-state index contributed by atoms with van der Waals surface area (Å²) in [6.45, 7) is -0.122. The molecular weight excluding hydrogens is 388 g/mol. The van der Waals surface area contributed by atoms with Crippen LogP contribution in [0, 0.1) is 0 Å². The number of ether oxygens (including phenoxy) is 2. The summed E-state index contributed by atoms with van der Waals surface area (Å²) in [7, 11) is 0. The van der Waals surface area contributed by atoms with E-state index in [-0.39, 0.29) is 13.2 Å². The molecule has 0 aromatic heterocycles. The van der Waals surface area contributed by atoms with Crippen molar-refractivity contribution in [2.24, 2.45) is 0 Å². The van der Waals surface area contributed by atoms with Gasteiger partial charge in [-0.05, 0) is 24.0 Å². The third-order valence-corrected chi connectivity index (χ3v) is 4.73. The van der Waals surface area contributed by atoms with Crippen LogP contribution in [0.2, 0.25) is 0 Å². The third kappa shape index (κ3) is 5.81. The van der Waals surface area contributed by atoms with Crippen LogP contribution in [0.1, 0.15) is 24.0 Å². The van der Waals surface area contributed by atoms with Gasteiger partial charge in [-0.25, -0.2) is 14.8 Å². The second-order valence-electron chi connectivity index (χ2n) is 6.91. The third-order valence-electron chi connectivity index (χ3n) is 4.73. The molecule has 1 unspecified atom stereocenters. The SMILES string of the molecule is O=C(O)CN(C(=O)OCc1ccccc1)N1CCCC1C(=O)OCc1ccccc1. The van der Waals surface area contributed by atoms with Gasteiger partial charge < -0.3 is 14.6 Å². The molecule has 1 aliphatic rings. The molecule has 8 nitrogen and oxygen atoms in total. The molecular formula is C22H24N2O6. The van der Waals surface area contributed by atoms with Crippen LogP contribution in [0.3, 0.4) is 0 Å². The molecule has 0 aliphatic carbocycles. The lowest BCUT2D eigenvalue weighted by Gasteiger charge is -2.33. The molecule has 1 heterocycles. The summed E-state index contributed by atoms with van der Waals surface area (Å²) >= 11 is 0. The summed E-state index contributed by atoms with van der Waals surface area (Å²) in [5.74, 6) is -1.70. The molecule has 0 bridgehead atoms. The minimum atomic E-state index is -1.20. The topological polar surface area (TPSA) is 96.4 Å². The van der Waals surface area contributed by atoms with E-state index >= 15 is 0 Å². The Morgan fingerprint density at radius 3 is 2.07 bits per heavy atom. The van der Waals surface area contributed by atoms with Crippen LogP contribution in [0.4, 0.5) is 4.79 Å². The fraction of sp³-hybridized carbons (Fsp3) is 0.318. The highest BCUT2D eigenvalue weighted by Crippen LogP contribution is 2.22. The van der Waals surface area contributed by atoms with Crippen LogP contribution < -0.4 is 0 Å². The van der Waals surface area contributed by atoms with Crippen LogP contribution in [0.15, 0.2) is 60.7 Å². The average molecular weight is 412 g/mol. The number of esters is 1. The molecule has 0 spiro atoms. The van der Waals surface area contributed by atoms with Crippen molar-refractivity contribution < 1.29 is 29.0 Å². The standard InChI is InChI=1S/C22H24N2O6/c25-20(26)14-24(22(28)30-16-18-10-5-2-6-11-18)23-13-7-12-19(23)21(27)29-15-17-8-3-1-4-9-17/h1-6,8-11,19H,7,12-16H2,(H,25,26). The zero-order valence-electron chi connectivity index (χ0n) is 16.5. The minimum absolute atomic E-state index is 0.00670. The van der Waals surface area contributed by atoms with E-state index in [0.29, 0.717) is 19.4 Å². The van der Waals surface area contributed by atoms with E-state index in [9.17, 15) is 19.5 Å². The predicted octanol–water partition coefficient (Wildman–Crippen LogP) is 2.83. The Morgan fingerprint density at radius 2 is 1.50 bits per heavy atom. The summed E-state index contributed by atoms with van der Waals surface area (Å²) in [5.41, 5.74) is 1.63. The Balaban J connectivity index is 1.64. The largest absolute Gasteiger partial charge is 0.480 e. The van der Waals surface area contributed by atoms with Gasteiger partial charge in [0.25, 0.3) is 0 Å². The van der Waals surface area contributed by atoms with Crippen molar-refractivity contribution >= 4 is 18.0 Å². The number of rotatable bonds is 8. The van der Waals surface area contributed by atoms with E-state index in [4.69, 9.17) is 9.47 Å². The summed E-state index contributed by atoms with van der Waals surface area (Å²) in [5, 5.41) is 11.7. The normalized spacial score (nSPS) is 16.1. The number of aliphatic carboxylic acids is 1. The van der Waals surface area contributed by atoms with E-state index in [1.165, 1.54) is 5.01 Å². The molecule has 1 N–H and O–H groups in total. The van der Waals surface area contributed by atoms with Crippen LogP contribution in [0.25, 0.3) is 0 Å². The van der Waals surface area contributed by atoms with Gasteiger partial charge in [0, 0.05) is 6.54 Å². The van der Waals surface area contributed by atoms with Crippen LogP contribution in [0.5, 0.6) is 0 Å². The second-order valence-corrected chi connectivity index (χ2v) is 6.91. The maximum atomic E-state index is 12.6. The first-order chi connectivity index (χ1) is 14.5. The van der Waals surface area contributed by atoms with Gasteiger partial charge in [-0.15, -0.1) is 0 Å². The van der Waals surface area contributed by atoms with Crippen molar-refractivity contribution in [1.29, 1.82) is 0 Å². The number of carbonyl (C=O) groups excluding carboxylic acids is 2. The molecule has 0 radical (unpaired) electrons. The fourth-order valence-corrected chi connectivity index (χ4v) is 3.29. The van der Waals surface area contributed by atoms with Crippen molar-refractivity contribution in [2.45, 2.75) is 32.1 Å². The summed E-state index contributed by atoms with van der Waals surface area (Å²) in [6.07, 6.45) is 0.284. The molecule has 1 fully saturated rings. The number of carbonyl (C=O) groups is 3. The highest BCUT2D eigenvalue weighted by atomic mass is 16.6. The van der Waals surface area contributed by atoms with Gasteiger partial charge in [0.05, 0.1) is 0 Å². The summed E-state index contributed by atoms with van der Waals surface area (Å²) in [6, 6.07) is 17.6. The molecule has 2 aromatic carbocycles. The molecule has 1 amide bonds. The van der Waals surface area contributed by atoms with Crippen molar-refractivity contribution in [3.05, 3.63) is 71.8 Å². The van der Waals surface area contributed by atoms with Gasteiger partial charge in [0.15, 0.2) is 0 Å². The number of hydrazine groups is 1. The quantitative estimate of drug-likeness (QED) is 0.666. The zero-order valence-corrected chi connectivity index (χ0v) is 16.5. The predicted molar refractivity (Wildman–Crippen MR) is 107 cm³/mol. The highest BCUT2D eigenvalue weighted by Gasteiger charge is 2.39. The molecule has 3 rings (SSSR count). The van der Waals surface area contributed by atoms with E-state index in [1.807, 2.05) is 48.5 Å². The molecule has 30 heavy (non-hydrogen) atoms. The number of hydrogen-bond acceptors (Lipinski definition) is 6. The molecule has 1 atom stereocenters. The van der Waals surface area contributed by atoms with Crippen molar-refractivity contribution in [3.63, 3.8) is 0 Å². The van der Waals surface area contributed by atoms with Crippen LogP contribution in [-0.2, 0) is 32.3 Å². The van der Waals surface area contributed by atoms with E-state index in [2.05, 4.69) is 0 Å². The molecule has 8 heteroatoms. The van der Waals surface area contributed by atoms with Crippen LogP contribution in [-0.4, -0.2) is 52.3 Å². The van der Waals surface area contributed by atoms with Crippen molar-refractivity contribution in [3.8, 4) is 0 Å². The number of benzene rings is 2. The first-order valence-corrected chi connectivity index (χ1v) is 9.71.